The lowest BCUT2D eigenvalue weighted by molar-refractivity contribution is 0.271. The molecule has 0 radical (unpaired) electrons. The third-order valence-corrected chi connectivity index (χ3v) is 2.68. The molecule has 0 unspecified atom stereocenters. The van der Waals surface area contributed by atoms with Crippen molar-refractivity contribution in [3.8, 4) is 0 Å². The fourth-order valence-electron chi connectivity index (χ4n) is 1.72. The molecule has 0 spiro atoms. The molecule has 0 saturated carbocycles. The van der Waals surface area contributed by atoms with E-state index in [1.54, 1.807) is 18.2 Å². The van der Waals surface area contributed by atoms with E-state index >= 15 is 0 Å². The molecular weight excluding hydrogens is 244 g/mol. The van der Waals surface area contributed by atoms with Gasteiger partial charge in [0.15, 0.2) is 11.5 Å². The fraction of sp³-hybridized carbons (Fsp3) is 0.100. The Kier molecular flexibility index (Phi) is 2.13. The van der Waals surface area contributed by atoms with Gasteiger partial charge in [0.1, 0.15) is 6.61 Å². The van der Waals surface area contributed by atoms with Crippen molar-refractivity contribution in [1.82, 2.24) is 19.6 Å². The monoisotopic (exact) mass is 250 g/mol. The highest BCUT2D eigenvalue weighted by atomic mass is 35.5. The first kappa shape index (κ1) is 10.2. The summed E-state index contributed by atoms with van der Waals surface area (Å²) in [4.78, 5) is 18.4. The number of H-pyrrole nitrogens is 1. The van der Waals surface area contributed by atoms with E-state index in [2.05, 4.69) is 15.1 Å². The van der Waals surface area contributed by atoms with Crippen molar-refractivity contribution in [3.63, 3.8) is 0 Å². The number of rotatable bonds is 1. The van der Waals surface area contributed by atoms with Gasteiger partial charge in [-0.3, -0.25) is 0 Å². The third-order valence-electron chi connectivity index (χ3n) is 2.45. The highest BCUT2D eigenvalue weighted by molar-refractivity contribution is 6.31. The van der Waals surface area contributed by atoms with Crippen LogP contribution in [0.1, 0.15) is 5.82 Å². The van der Waals surface area contributed by atoms with Crippen molar-refractivity contribution in [3.05, 3.63) is 39.5 Å². The second-order valence-corrected chi connectivity index (χ2v) is 3.98. The number of aliphatic hydroxyl groups is 1. The fourth-order valence-corrected chi connectivity index (χ4v) is 1.89. The lowest BCUT2D eigenvalue weighted by Gasteiger charge is -1.99. The van der Waals surface area contributed by atoms with Crippen LogP contribution >= 0.6 is 11.6 Å². The van der Waals surface area contributed by atoms with Crippen molar-refractivity contribution in [2.75, 3.05) is 0 Å². The summed E-state index contributed by atoms with van der Waals surface area (Å²) >= 11 is 5.90. The number of aliphatic hydroxyl groups excluding tert-OH is 1. The largest absolute Gasteiger partial charge is 0.388 e. The van der Waals surface area contributed by atoms with Gasteiger partial charge in [0.05, 0.1) is 5.52 Å². The quantitative estimate of drug-likeness (QED) is 0.667. The average molecular weight is 251 g/mol. The topological polar surface area (TPSA) is 83.3 Å². The Balaban J connectivity index is 2.56. The number of hydrogen-bond acceptors (Lipinski definition) is 4. The van der Waals surface area contributed by atoms with Gasteiger partial charge >= 0.3 is 5.69 Å². The summed E-state index contributed by atoms with van der Waals surface area (Å²) in [7, 11) is 0. The number of nitrogens with one attached hydrogen (secondary N) is 1. The normalized spacial score (nSPS) is 11.4. The van der Waals surface area contributed by atoms with Crippen LogP contribution in [0.2, 0.25) is 5.02 Å². The van der Waals surface area contributed by atoms with E-state index in [9.17, 15) is 4.79 Å². The Morgan fingerprint density at radius 3 is 3.06 bits per heavy atom. The molecule has 2 N–H and O–H groups in total. The molecule has 7 heteroatoms. The highest BCUT2D eigenvalue weighted by Crippen LogP contribution is 2.19. The predicted octanol–water partition coefficient (Wildman–Crippen LogP) is 0.716. The molecule has 86 valence electrons. The van der Waals surface area contributed by atoms with E-state index in [4.69, 9.17) is 16.7 Å². The first-order valence-corrected chi connectivity index (χ1v) is 5.25. The molecule has 0 fully saturated rings. The number of benzene rings is 1. The second kappa shape index (κ2) is 3.54. The van der Waals surface area contributed by atoms with Gasteiger partial charge in [0, 0.05) is 10.4 Å². The smallest absolute Gasteiger partial charge is 0.348 e. The molecule has 0 bridgehead atoms. The third kappa shape index (κ3) is 1.49. The Bertz CT molecular complexity index is 777. The summed E-state index contributed by atoms with van der Waals surface area (Å²) in [6.45, 7) is -0.316. The summed E-state index contributed by atoms with van der Waals surface area (Å²) in [5.74, 6) is 0.197. The van der Waals surface area contributed by atoms with Gasteiger partial charge in [0.25, 0.3) is 0 Å². The number of hydrogen-bond donors (Lipinski definition) is 2. The molecule has 17 heavy (non-hydrogen) atoms. The van der Waals surface area contributed by atoms with E-state index in [0.29, 0.717) is 21.6 Å². The lowest BCUT2D eigenvalue weighted by atomic mass is 10.2. The Hall–Kier alpha value is -1.92. The number of aromatic amines is 1. The van der Waals surface area contributed by atoms with E-state index in [1.807, 2.05) is 0 Å². The van der Waals surface area contributed by atoms with Crippen molar-refractivity contribution in [2.45, 2.75) is 6.61 Å². The predicted molar refractivity (Wildman–Crippen MR) is 62.0 cm³/mol. The lowest BCUT2D eigenvalue weighted by Crippen LogP contribution is -2.17. The van der Waals surface area contributed by atoms with Gasteiger partial charge in [-0.2, -0.15) is 4.52 Å². The zero-order valence-electron chi connectivity index (χ0n) is 8.51. The Labute approximate surface area is 99.5 Å². The van der Waals surface area contributed by atoms with Crippen molar-refractivity contribution < 1.29 is 5.11 Å². The SMILES string of the molecule is O=c1[nH]c2ccc(Cl)cc2c2nc(CO)nn12. The van der Waals surface area contributed by atoms with E-state index < -0.39 is 5.69 Å². The molecule has 0 aliphatic carbocycles. The van der Waals surface area contributed by atoms with Crippen LogP contribution in [0.5, 0.6) is 0 Å². The minimum atomic E-state index is -0.401. The van der Waals surface area contributed by atoms with E-state index in [1.165, 1.54) is 0 Å². The summed E-state index contributed by atoms with van der Waals surface area (Å²) in [6, 6.07) is 5.07. The molecule has 3 aromatic rings. The maximum atomic E-state index is 11.7. The van der Waals surface area contributed by atoms with Crippen LogP contribution in [-0.4, -0.2) is 24.7 Å². The number of halogens is 1. The standard InChI is InChI=1S/C10H7ClN4O2/c11-5-1-2-7-6(3-5)9-13-8(4-16)14-15(9)10(17)12-7/h1-3,16H,4H2,(H,12,17). The van der Waals surface area contributed by atoms with Crippen LogP contribution in [0.4, 0.5) is 0 Å². The van der Waals surface area contributed by atoms with Gasteiger partial charge in [-0.05, 0) is 18.2 Å². The van der Waals surface area contributed by atoms with Crippen molar-refractivity contribution in [1.29, 1.82) is 0 Å². The van der Waals surface area contributed by atoms with E-state index in [-0.39, 0.29) is 12.4 Å². The molecule has 1 aromatic carbocycles. The molecule has 6 nitrogen and oxygen atoms in total. The van der Waals surface area contributed by atoms with Crippen LogP contribution in [0.3, 0.4) is 0 Å². The summed E-state index contributed by atoms with van der Waals surface area (Å²) in [6.07, 6.45) is 0. The zero-order valence-corrected chi connectivity index (χ0v) is 9.27. The first-order chi connectivity index (χ1) is 8.19. The van der Waals surface area contributed by atoms with Crippen LogP contribution in [0.15, 0.2) is 23.0 Å². The molecule has 0 amide bonds. The summed E-state index contributed by atoms with van der Waals surface area (Å²) in [5, 5.41) is 14.1. The molecule has 2 aromatic heterocycles. The Morgan fingerprint density at radius 2 is 2.29 bits per heavy atom. The summed E-state index contributed by atoms with van der Waals surface area (Å²) in [5.41, 5.74) is 0.612. The molecule has 2 heterocycles. The zero-order chi connectivity index (χ0) is 12.0. The minimum absolute atomic E-state index is 0.197. The van der Waals surface area contributed by atoms with Crippen LogP contribution in [-0.2, 0) is 6.61 Å². The van der Waals surface area contributed by atoms with Gasteiger partial charge in [-0.15, -0.1) is 5.10 Å². The van der Waals surface area contributed by atoms with Crippen LogP contribution < -0.4 is 5.69 Å². The first-order valence-electron chi connectivity index (χ1n) is 4.87. The molecule has 0 saturated heterocycles. The van der Waals surface area contributed by atoms with E-state index in [0.717, 1.165) is 4.52 Å². The van der Waals surface area contributed by atoms with Crippen LogP contribution in [0.25, 0.3) is 16.6 Å². The van der Waals surface area contributed by atoms with Gasteiger partial charge in [0.2, 0.25) is 0 Å². The highest BCUT2D eigenvalue weighted by Gasteiger charge is 2.10. The maximum Gasteiger partial charge on any atom is 0.348 e. The van der Waals surface area contributed by atoms with Gasteiger partial charge in [-0.25, -0.2) is 9.78 Å². The van der Waals surface area contributed by atoms with Gasteiger partial charge in [-0.1, -0.05) is 11.6 Å². The minimum Gasteiger partial charge on any atom is -0.388 e. The molecule has 0 aliphatic rings. The number of fused-ring (bicyclic) bond motifs is 3. The average Bonchev–Trinajstić information content (AvgIpc) is 2.75. The summed E-state index contributed by atoms with van der Waals surface area (Å²) < 4.78 is 1.12. The molecule has 0 atom stereocenters. The van der Waals surface area contributed by atoms with Gasteiger partial charge < -0.3 is 10.1 Å². The van der Waals surface area contributed by atoms with Crippen molar-refractivity contribution >= 4 is 28.2 Å². The number of nitrogens with zero attached hydrogens (tertiary/aromatic N) is 3. The Morgan fingerprint density at radius 1 is 1.47 bits per heavy atom. The van der Waals surface area contributed by atoms with Crippen molar-refractivity contribution in [2.24, 2.45) is 0 Å². The number of aromatic nitrogens is 4. The van der Waals surface area contributed by atoms with Crippen LogP contribution in [0, 0.1) is 0 Å². The molecular formula is C10H7ClN4O2. The molecule has 0 aliphatic heterocycles. The maximum absolute atomic E-state index is 11.7. The second-order valence-electron chi connectivity index (χ2n) is 3.54. The molecule has 3 rings (SSSR count).